The van der Waals surface area contributed by atoms with E-state index in [2.05, 4.69) is 0 Å². The lowest BCUT2D eigenvalue weighted by Gasteiger charge is -2.30. The van der Waals surface area contributed by atoms with E-state index in [-0.39, 0.29) is 17.0 Å². The van der Waals surface area contributed by atoms with Gasteiger partial charge in [-0.2, -0.15) is 0 Å². The molecule has 3 unspecified atom stereocenters. The lowest BCUT2D eigenvalue weighted by molar-refractivity contribution is -0.155. The highest BCUT2D eigenvalue weighted by Gasteiger charge is 2.65. The summed E-state index contributed by atoms with van der Waals surface area (Å²) in [7, 11) is 0. The first kappa shape index (κ1) is 9.49. The Hall–Kier alpha value is -0.530. The minimum absolute atomic E-state index is 0.0123. The number of esters is 1. The Morgan fingerprint density at radius 3 is 2.62 bits per heavy atom. The zero-order valence-electron chi connectivity index (χ0n) is 9.84. The molecule has 2 bridgehead atoms. The quantitative estimate of drug-likeness (QED) is 0.586. The molecule has 0 aromatic carbocycles. The van der Waals surface area contributed by atoms with E-state index >= 15 is 0 Å². The van der Waals surface area contributed by atoms with E-state index in [0.717, 1.165) is 31.6 Å². The molecule has 4 aliphatic rings. The summed E-state index contributed by atoms with van der Waals surface area (Å²) in [5.41, 5.74) is -0.0329. The maximum Gasteiger partial charge on any atom is 0.313 e. The highest BCUT2D eigenvalue weighted by molar-refractivity contribution is 5.81. The molecule has 2 heteroatoms. The third kappa shape index (κ3) is 1.01. The molecule has 3 aliphatic carbocycles. The molecule has 0 radical (unpaired) electrons. The van der Waals surface area contributed by atoms with Crippen molar-refractivity contribution in [2.45, 2.75) is 63.4 Å². The van der Waals surface area contributed by atoms with Gasteiger partial charge in [0, 0.05) is 6.42 Å². The Morgan fingerprint density at radius 1 is 1.19 bits per heavy atom. The summed E-state index contributed by atoms with van der Waals surface area (Å²) in [6.07, 6.45) is 11.0. The largest absolute Gasteiger partial charge is 0.459 e. The first-order valence-electron chi connectivity index (χ1n) is 6.96. The monoisotopic (exact) mass is 220 g/mol. The van der Waals surface area contributed by atoms with E-state index < -0.39 is 0 Å². The maximum absolute atomic E-state index is 12.3. The first-order chi connectivity index (χ1) is 7.73. The van der Waals surface area contributed by atoms with E-state index in [4.69, 9.17) is 4.74 Å². The van der Waals surface area contributed by atoms with Crippen LogP contribution in [0, 0.1) is 17.3 Å². The average molecular weight is 220 g/mol. The van der Waals surface area contributed by atoms with Gasteiger partial charge < -0.3 is 4.74 Å². The van der Waals surface area contributed by atoms with E-state index in [9.17, 15) is 4.79 Å². The van der Waals surface area contributed by atoms with Crippen LogP contribution >= 0.6 is 0 Å². The van der Waals surface area contributed by atoms with Crippen LogP contribution in [0.4, 0.5) is 0 Å². The molecular formula is C14H20O2. The van der Waals surface area contributed by atoms with Gasteiger partial charge in [0.25, 0.3) is 0 Å². The van der Waals surface area contributed by atoms with Crippen molar-refractivity contribution in [1.29, 1.82) is 0 Å². The molecule has 2 nitrogen and oxygen atoms in total. The zero-order valence-corrected chi connectivity index (χ0v) is 9.84. The molecule has 1 heterocycles. The molecule has 0 aromatic rings. The second-order valence-corrected chi connectivity index (χ2v) is 6.69. The second kappa shape index (κ2) is 2.83. The van der Waals surface area contributed by atoms with Crippen LogP contribution in [0.5, 0.6) is 0 Å². The predicted octanol–water partition coefficient (Wildman–Crippen LogP) is 3.05. The number of ether oxygens (including phenoxy) is 1. The molecule has 0 N–H and O–H groups in total. The molecule has 16 heavy (non-hydrogen) atoms. The number of hydrogen-bond acceptors (Lipinski definition) is 2. The van der Waals surface area contributed by atoms with Crippen LogP contribution < -0.4 is 0 Å². The fourth-order valence-electron chi connectivity index (χ4n) is 5.19. The Balaban J connectivity index is 1.68. The van der Waals surface area contributed by atoms with Crippen molar-refractivity contribution in [3.63, 3.8) is 0 Å². The van der Waals surface area contributed by atoms with Crippen LogP contribution in [-0.4, -0.2) is 11.6 Å². The summed E-state index contributed by atoms with van der Waals surface area (Å²) in [6.45, 7) is 0. The first-order valence-corrected chi connectivity index (χ1v) is 6.96. The minimum Gasteiger partial charge on any atom is -0.459 e. The van der Waals surface area contributed by atoms with E-state index in [1.807, 2.05) is 0 Å². The van der Waals surface area contributed by atoms with Crippen LogP contribution in [0.15, 0.2) is 0 Å². The molecule has 3 atom stereocenters. The molecule has 4 rings (SSSR count). The lowest BCUT2D eigenvalue weighted by Crippen LogP contribution is -2.33. The summed E-state index contributed by atoms with van der Waals surface area (Å²) in [6, 6.07) is 0. The second-order valence-electron chi connectivity index (χ2n) is 6.69. The van der Waals surface area contributed by atoms with Gasteiger partial charge in [0.05, 0.1) is 5.41 Å². The third-order valence-corrected chi connectivity index (χ3v) is 5.84. The van der Waals surface area contributed by atoms with Crippen molar-refractivity contribution < 1.29 is 9.53 Å². The fourth-order valence-corrected chi connectivity index (χ4v) is 5.19. The molecule has 0 amide bonds. The van der Waals surface area contributed by atoms with Gasteiger partial charge in [-0.3, -0.25) is 4.79 Å². The molecule has 4 fully saturated rings. The SMILES string of the molecule is O=C1OC2(CCCC2)CC12CC1CCC2C1. The Labute approximate surface area is 96.7 Å². The molecule has 2 spiro atoms. The third-order valence-electron chi connectivity index (χ3n) is 5.84. The number of carbonyl (C=O) groups is 1. The van der Waals surface area contributed by atoms with Crippen LogP contribution in [0.3, 0.4) is 0 Å². The van der Waals surface area contributed by atoms with Crippen molar-refractivity contribution in [2.75, 3.05) is 0 Å². The molecule has 88 valence electrons. The summed E-state index contributed by atoms with van der Waals surface area (Å²) in [4.78, 5) is 12.3. The number of hydrogen-bond donors (Lipinski definition) is 0. The van der Waals surface area contributed by atoms with Gasteiger partial charge in [-0.15, -0.1) is 0 Å². The van der Waals surface area contributed by atoms with E-state index in [1.54, 1.807) is 0 Å². The van der Waals surface area contributed by atoms with Crippen LogP contribution in [-0.2, 0) is 9.53 Å². The van der Waals surface area contributed by atoms with Gasteiger partial charge in [-0.05, 0) is 56.8 Å². The summed E-state index contributed by atoms with van der Waals surface area (Å²) in [5.74, 6) is 1.70. The summed E-state index contributed by atoms with van der Waals surface area (Å²) in [5, 5.41) is 0. The smallest absolute Gasteiger partial charge is 0.313 e. The molecule has 1 aliphatic heterocycles. The normalized spacial score (nSPS) is 48.4. The molecule has 0 aromatic heterocycles. The Kier molecular flexibility index (Phi) is 1.68. The van der Waals surface area contributed by atoms with Crippen molar-refractivity contribution in [3.05, 3.63) is 0 Å². The van der Waals surface area contributed by atoms with Crippen molar-refractivity contribution >= 4 is 5.97 Å². The van der Waals surface area contributed by atoms with Gasteiger partial charge in [0.1, 0.15) is 5.60 Å². The van der Waals surface area contributed by atoms with Gasteiger partial charge in [-0.1, -0.05) is 6.42 Å². The topological polar surface area (TPSA) is 26.3 Å². The standard InChI is InChI=1S/C14H20O2/c15-12-14(8-10-3-4-11(14)7-10)9-13(16-12)5-1-2-6-13/h10-11H,1-9H2. The van der Waals surface area contributed by atoms with Crippen molar-refractivity contribution in [2.24, 2.45) is 17.3 Å². The number of carbonyl (C=O) groups excluding carboxylic acids is 1. The summed E-state index contributed by atoms with van der Waals surface area (Å²) < 4.78 is 5.86. The van der Waals surface area contributed by atoms with E-state index in [1.165, 1.54) is 32.1 Å². The fraction of sp³-hybridized carbons (Fsp3) is 0.929. The van der Waals surface area contributed by atoms with E-state index in [0.29, 0.717) is 5.92 Å². The van der Waals surface area contributed by atoms with Crippen LogP contribution in [0.1, 0.15) is 57.8 Å². The Morgan fingerprint density at radius 2 is 2.00 bits per heavy atom. The van der Waals surface area contributed by atoms with Crippen molar-refractivity contribution in [3.8, 4) is 0 Å². The Bertz CT molecular complexity index is 343. The summed E-state index contributed by atoms with van der Waals surface area (Å²) >= 11 is 0. The lowest BCUT2D eigenvalue weighted by atomic mass is 9.69. The highest BCUT2D eigenvalue weighted by Crippen LogP contribution is 2.64. The van der Waals surface area contributed by atoms with Gasteiger partial charge >= 0.3 is 5.97 Å². The maximum atomic E-state index is 12.3. The highest BCUT2D eigenvalue weighted by atomic mass is 16.6. The number of fused-ring (bicyclic) bond motifs is 3. The molecule has 3 saturated carbocycles. The zero-order chi connectivity index (χ0) is 10.8. The van der Waals surface area contributed by atoms with Crippen LogP contribution in [0.2, 0.25) is 0 Å². The van der Waals surface area contributed by atoms with Crippen LogP contribution in [0.25, 0.3) is 0 Å². The van der Waals surface area contributed by atoms with Gasteiger partial charge in [-0.25, -0.2) is 0 Å². The average Bonchev–Trinajstić information content (AvgIpc) is 2.96. The van der Waals surface area contributed by atoms with Gasteiger partial charge in [0.15, 0.2) is 0 Å². The minimum atomic E-state index is -0.0206. The van der Waals surface area contributed by atoms with Gasteiger partial charge in [0.2, 0.25) is 0 Å². The predicted molar refractivity (Wildman–Crippen MR) is 59.8 cm³/mol. The molecular weight excluding hydrogens is 200 g/mol. The van der Waals surface area contributed by atoms with Crippen molar-refractivity contribution in [1.82, 2.24) is 0 Å². The molecule has 1 saturated heterocycles. The number of rotatable bonds is 0.